The molecule has 1 N–H and O–H groups in total. The molecule has 3 aromatic rings. The molecular formula is C19H20FN5O5. The molecule has 4 rings (SSSR count). The van der Waals surface area contributed by atoms with Crippen LogP contribution in [0.5, 0.6) is 11.6 Å². The number of hydrogen-bond acceptors (Lipinski definition) is 9. The van der Waals surface area contributed by atoms with Crippen LogP contribution in [0.1, 0.15) is 22.8 Å². The van der Waals surface area contributed by atoms with Gasteiger partial charge in [-0.3, -0.25) is 0 Å². The van der Waals surface area contributed by atoms with Crippen molar-refractivity contribution < 1.29 is 28.5 Å². The number of esters is 1. The van der Waals surface area contributed by atoms with Gasteiger partial charge in [0.05, 0.1) is 38.9 Å². The van der Waals surface area contributed by atoms with Crippen LogP contribution in [0.15, 0.2) is 24.7 Å². The van der Waals surface area contributed by atoms with Gasteiger partial charge in [0.2, 0.25) is 5.88 Å². The average molecular weight is 417 g/mol. The van der Waals surface area contributed by atoms with Crippen molar-refractivity contribution in [3.8, 4) is 11.6 Å². The molecule has 0 aliphatic carbocycles. The predicted octanol–water partition coefficient (Wildman–Crippen LogP) is 1.21. The van der Waals surface area contributed by atoms with E-state index in [1.165, 1.54) is 23.9 Å². The summed E-state index contributed by atoms with van der Waals surface area (Å²) in [4.78, 5) is 22.5. The van der Waals surface area contributed by atoms with Gasteiger partial charge in [-0.05, 0) is 13.0 Å². The van der Waals surface area contributed by atoms with Gasteiger partial charge in [0.1, 0.15) is 24.1 Å². The summed E-state index contributed by atoms with van der Waals surface area (Å²) in [5, 5.41) is 14.4. The molecule has 1 atom stereocenters. The molecule has 0 saturated heterocycles. The third-order valence-electron chi connectivity index (χ3n) is 4.54. The van der Waals surface area contributed by atoms with Crippen LogP contribution in [0.2, 0.25) is 0 Å². The second-order valence-corrected chi connectivity index (χ2v) is 6.64. The van der Waals surface area contributed by atoms with Gasteiger partial charge in [0.25, 0.3) is 0 Å². The summed E-state index contributed by atoms with van der Waals surface area (Å²) >= 11 is 0. The number of nitrogens with zero attached hydrogens (tertiary/aromatic N) is 5. The van der Waals surface area contributed by atoms with Gasteiger partial charge in [-0.25, -0.2) is 23.7 Å². The van der Waals surface area contributed by atoms with Crippen LogP contribution in [-0.2, 0) is 11.3 Å². The van der Waals surface area contributed by atoms with Gasteiger partial charge in [0.15, 0.2) is 17.2 Å². The molecule has 1 aliphatic heterocycles. The molecule has 0 radical (unpaired) electrons. The molecule has 0 bridgehead atoms. The Morgan fingerprint density at radius 3 is 3.03 bits per heavy atom. The van der Waals surface area contributed by atoms with E-state index < -0.39 is 17.9 Å². The summed E-state index contributed by atoms with van der Waals surface area (Å²) in [5.74, 6) is -0.0638. The Kier molecular flexibility index (Phi) is 5.36. The zero-order valence-electron chi connectivity index (χ0n) is 16.4. The van der Waals surface area contributed by atoms with Crippen molar-refractivity contribution >= 4 is 17.4 Å². The first-order valence-corrected chi connectivity index (χ1v) is 9.29. The molecule has 4 heterocycles. The van der Waals surface area contributed by atoms with Gasteiger partial charge in [-0.1, -0.05) is 0 Å². The number of fused-ring (bicyclic) bond motifs is 2. The van der Waals surface area contributed by atoms with E-state index in [0.717, 1.165) is 6.20 Å². The highest BCUT2D eigenvalue weighted by Crippen LogP contribution is 2.32. The molecule has 0 unspecified atom stereocenters. The smallest absolute Gasteiger partial charge is 0.343 e. The minimum absolute atomic E-state index is 0.0429. The number of aliphatic hydroxyl groups excluding tert-OH is 1. The van der Waals surface area contributed by atoms with E-state index in [9.17, 15) is 14.3 Å². The van der Waals surface area contributed by atoms with Gasteiger partial charge in [-0.2, -0.15) is 5.10 Å². The lowest BCUT2D eigenvalue weighted by Crippen LogP contribution is -2.33. The normalized spacial score (nSPS) is 16.0. The fraction of sp³-hybridized carbons (Fsp3) is 0.368. The quantitative estimate of drug-likeness (QED) is 0.612. The standard InChI is InChI=1S/C19H20FN5O5/c1-3-29-19(27)14-6-22-25-9-15-17(23-16(14)25)24(8-13(26)10-30-15)7-11-4-12(20)5-21-18(11)28-2/h4-6,9,13,26H,3,7-8,10H2,1-2H3/t13-/m0/s1. The number of ether oxygens (including phenoxy) is 3. The maximum Gasteiger partial charge on any atom is 0.343 e. The highest BCUT2D eigenvalue weighted by atomic mass is 19.1. The maximum absolute atomic E-state index is 13.8. The number of anilines is 1. The lowest BCUT2D eigenvalue weighted by atomic mass is 10.2. The van der Waals surface area contributed by atoms with E-state index in [1.54, 1.807) is 18.0 Å². The summed E-state index contributed by atoms with van der Waals surface area (Å²) in [5.41, 5.74) is 0.953. The maximum atomic E-state index is 13.8. The van der Waals surface area contributed by atoms with Crippen LogP contribution in [0, 0.1) is 5.82 Å². The van der Waals surface area contributed by atoms with Gasteiger partial charge in [-0.15, -0.1) is 0 Å². The van der Waals surface area contributed by atoms with E-state index in [2.05, 4.69) is 15.1 Å². The molecule has 0 saturated carbocycles. The van der Waals surface area contributed by atoms with Crippen molar-refractivity contribution in [2.75, 3.05) is 31.8 Å². The third-order valence-corrected chi connectivity index (χ3v) is 4.54. The minimum atomic E-state index is -0.816. The summed E-state index contributed by atoms with van der Waals surface area (Å²) in [6.45, 7) is 2.28. The number of methoxy groups -OCH3 is 1. The number of pyridine rings is 1. The molecule has 30 heavy (non-hydrogen) atoms. The first kappa shape index (κ1) is 19.8. The van der Waals surface area contributed by atoms with Gasteiger partial charge in [0, 0.05) is 12.1 Å². The molecule has 0 aromatic carbocycles. The molecule has 10 nitrogen and oxygen atoms in total. The average Bonchev–Trinajstić information content (AvgIpc) is 3.07. The SMILES string of the molecule is CCOC(=O)c1cnn2cc3c(nc12)N(Cc1cc(F)cnc1OC)C[C@H](O)CO3. The largest absolute Gasteiger partial charge is 0.485 e. The van der Waals surface area contributed by atoms with E-state index >= 15 is 0 Å². The molecule has 158 valence electrons. The molecular weight excluding hydrogens is 397 g/mol. The second-order valence-electron chi connectivity index (χ2n) is 6.64. The van der Waals surface area contributed by atoms with E-state index in [4.69, 9.17) is 14.2 Å². The predicted molar refractivity (Wildman–Crippen MR) is 102 cm³/mol. The highest BCUT2D eigenvalue weighted by Gasteiger charge is 2.27. The Balaban J connectivity index is 1.79. The zero-order valence-corrected chi connectivity index (χ0v) is 16.4. The zero-order chi connectivity index (χ0) is 21.3. The number of halogens is 1. The number of carbonyl (C=O) groups excluding carboxylic acids is 1. The van der Waals surface area contributed by atoms with Crippen LogP contribution >= 0.6 is 0 Å². The lowest BCUT2D eigenvalue weighted by Gasteiger charge is -2.24. The Labute approximate surface area is 170 Å². The van der Waals surface area contributed by atoms with Crippen molar-refractivity contribution in [3.63, 3.8) is 0 Å². The number of aromatic nitrogens is 4. The van der Waals surface area contributed by atoms with E-state index in [0.29, 0.717) is 17.1 Å². The highest BCUT2D eigenvalue weighted by molar-refractivity contribution is 5.95. The summed E-state index contributed by atoms with van der Waals surface area (Å²) in [6, 6.07) is 1.31. The fourth-order valence-electron chi connectivity index (χ4n) is 3.26. The fourth-order valence-corrected chi connectivity index (χ4v) is 3.26. The molecule has 0 fully saturated rings. The Hall–Kier alpha value is -3.47. The molecule has 0 spiro atoms. The van der Waals surface area contributed by atoms with Crippen molar-refractivity contribution in [2.45, 2.75) is 19.6 Å². The van der Waals surface area contributed by atoms with Crippen molar-refractivity contribution in [1.29, 1.82) is 0 Å². The number of hydrogen-bond donors (Lipinski definition) is 1. The Morgan fingerprint density at radius 2 is 2.27 bits per heavy atom. The van der Waals surface area contributed by atoms with Crippen LogP contribution in [0.25, 0.3) is 5.65 Å². The number of aliphatic hydroxyl groups is 1. The molecule has 0 amide bonds. The van der Waals surface area contributed by atoms with Crippen LogP contribution in [0.3, 0.4) is 0 Å². The van der Waals surface area contributed by atoms with E-state index in [1.807, 2.05) is 0 Å². The lowest BCUT2D eigenvalue weighted by molar-refractivity contribution is 0.0528. The second kappa shape index (κ2) is 8.11. The van der Waals surface area contributed by atoms with Crippen molar-refractivity contribution in [3.05, 3.63) is 41.6 Å². The first-order chi connectivity index (χ1) is 14.5. The number of rotatable bonds is 5. The molecule has 3 aromatic heterocycles. The summed E-state index contributed by atoms with van der Waals surface area (Å²) < 4.78 is 31.2. The molecule has 1 aliphatic rings. The summed E-state index contributed by atoms with van der Waals surface area (Å²) in [7, 11) is 1.44. The third kappa shape index (κ3) is 3.71. The van der Waals surface area contributed by atoms with Gasteiger partial charge >= 0.3 is 5.97 Å². The Bertz CT molecular complexity index is 1090. The summed E-state index contributed by atoms with van der Waals surface area (Å²) in [6.07, 6.45) is 3.20. The number of β-amino-alcohol motifs (C(OH)–C–C–N with tert-alkyl or cyclic N) is 1. The topological polar surface area (TPSA) is 111 Å². The van der Waals surface area contributed by atoms with Gasteiger partial charge < -0.3 is 24.2 Å². The van der Waals surface area contributed by atoms with Crippen LogP contribution < -0.4 is 14.4 Å². The first-order valence-electron chi connectivity index (χ1n) is 9.29. The Morgan fingerprint density at radius 1 is 1.43 bits per heavy atom. The molecule has 11 heteroatoms. The van der Waals surface area contributed by atoms with Crippen molar-refractivity contribution in [1.82, 2.24) is 19.6 Å². The number of carbonyl (C=O) groups is 1. The van der Waals surface area contributed by atoms with Crippen molar-refractivity contribution in [2.24, 2.45) is 0 Å². The van der Waals surface area contributed by atoms with Crippen LogP contribution in [-0.4, -0.2) is 63.6 Å². The monoisotopic (exact) mass is 417 g/mol. The van der Waals surface area contributed by atoms with Crippen LogP contribution in [0.4, 0.5) is 10.2 Å². The van der Waals surface area contributed by atoms with E-state index in [-0.39, 0.29) is 43.4 Å². The minimum Gasteiger partial charge on any atom is -0.485 e.